The number of rotatable bonds is 7. The van der Waals surface area contributed by atoms with E-state index >= 15 is 0 Å². The smallest absolute Gasteiger partial charge is 0.258 e. The van der Waals surface area contributed by atoms with Crippen molar-refractivity contribution in [2.45, 2.75) is 46.2 Å². The minimum absolute atomic E-state index is 0.0237. The molecule has 3 aromatic carbocycles. The van der Waals surface area contributed by atoms with Crippen LogP contribution in [0.3, 0.4) is 0 Å². The van der Waals surface area contributed by atoms with Gasteiger partial charge in [-0.1, -0.05) is 43.6 Å². The fourth-order valence-corrected chi connectivity index (χ4v) is 4.80. The Kier molecular flexibility index (Phi) is 7.90. The van der Waals surface area contributed by atoms with E-state index in [1.807, 2.05) is 62.1 Å². The molecule has 0 fully saturated rings. The van der Waals surface area contributed by atoms with Crippen molar-refractivity contribution >= 4 is 34.8 Å². The van der Waals surface area contributed by atoms with Gasteiger partial charge in [-0.25, -0.2) is 0 Å². The molecule has 0 aromatic heterocycles. The highest BCUT2D eigenvalue weighted by Crippen LogP contribution is 2.43. The van der Waals surface area contributed by atoms with Gasteiger partial charge in [0.25, 0.3) is 5.91 Å². The van der Waals surface area contributed by atoms with Crippen LogP contribution in [0, 0.1) is 5.41 Å². The Bertz CT molecular complexity index is 1260. The molecule has 1 heterocycles. The van der Waals surface area contributed by atoms with Crippen molar-refractivity contribution in [2.75, 3.05) is 23.0 Å². The van der Waals surface area contributed by atoms with E-state index in [1.165, 1.54) is 0 Å². The van der Waals surface area contributed by atoms with E-state index in [1.54, 1.807) is 48.2 Å². The fourth-order valence-electron chi connectivity index (χ4n) is 4.68. The zero-order valence-corrected chi connectivity index (χ0v) is 22.4. The molecule has 7 heteroatoms. The Labute approximate surface area is 223 Å². The van der Waals surface area contributed by atoms with Crippen molar-refractivity contribution in [1.29, 1.82) is 0 Å². The average Bonchev–Trinajstić information content (AvgIpc) is 2.88. The molecule has 0 unspecified atom stereocenters. The van der Waals surface area contributed by atoms with E-state index in [0.29, 0.717) is 29.4 Å². The van der Waals surface area contributed by atoms with Crippen LogP contribution >= 0.6 is 11.6 Å². The number of hydrogen-bond donors (Lipinski definition) is 1. The molecule has 1 aliphatic rings. The van der Waals surface area contributed by atoms with Crippen LogP contribution in [0.2, 0.25) is 5.02 Å². The van der Waals surface area contributed by atoms with Crippen LogP contribution < -0.4 is 14.5 Å². The van der Waals surface area contributed by atoms with Crippen LogP contribution in [0.15, 0.2) is 72.8 Å². The number of ether oxygens (including phenoxy) is 1. The number of hydrogen-bond acceptors (Lipinski definition) is 4. The summed E-state index contributed by atoms with van der Waals surface area (Å²) in [6.07, 6.45) is 0.586. The summed E-state index contributed by atoms with van der Waals surface area (Å²) in [6, 6.07) is 21.7. The zero-order valence-electron chi connectivity index (χ0n) is 21.6. The lowest BCUT2D eigenvalue weighted by Crippen LogP contribution is -2.47. The largest absolute Gasteiger partial charge is 0.493 e. The van der Waals surface area contributed by atoms with Gasteiger partial charge in [0.2, 0.25) is 5.91 Å². The first kappa shape index (κ1) is 26.7. The van der Waals surface area contributed by atoms with Crippen molar-refractivity contribution in [3.8, 4) is 5.75 Å². The van der Waals surface area contributed by atoms with E-state index in [4.69, 9.17) is 16.3 Å². The first-order valence-corrected chi connectivity index (χ1v) is 12.8. The number of anilines is 2. The fraction of sp³-hybridized carbons (Fsp3) is 0.333. The summed E-state index contributed by atoms with van der Waals surface area (Å²) >= 11 is 6.09. The predicted molar refractivity (Wildman–Crippen MR) is 147 cm³/mol. The summed E-state index contributed by atoms with van der Waals surface area (Å²) in [5, 5.41) is 10.0. The van der Waals surface area contributed by atoms with Gasteiger partial charge >= 0.3 is 0 Å². The van der Waals surface area contributed by atoms with Crippen LogP contribution in [-0.2, 0) is 4.79 Å². The third kappa shape index (κ3) is 5.81. The summed E-state index contributed by atoms with van der Waals surface area (Å²) in [7, 11) is 0. The second-order valence-electron chi connectivity index (χ2n) is 10.3. The summed E-state index contributed by atoms with van der Waals surface area (Å²) in [5.41, 5.74) is 2.68. The highest BCUT2D eigenvalue weighted by atomic mass is 35.5. The van der Waals surface area contributed by atoms with Gasteiger partial charge in [-0.15, -0.1) is 0 Å². The highest BCUT2D eigenvalue weighted by Gasteiger charge is 2.38. The number of para-hydroxylation sites is 1. The molecular weight excluding hydrogens is 488 g/mol. The van der Waals surface area contributed by atoms with E-state index in [9.17, 15) is 14.7 Å². The van der Waals surface area contributed by atoms with Crippen molar-refractivity contribution in [2.24, 2.45) is 5.41 Å². The highest BCUT2D eigenvalue weighted by molar-refractivity contribution is 6.30. The summed E-state index contributed by atoms with van der Waals surface area (Å²) in [4.78, 5) is 30.2. The van der Waals surface area contributed by atoms with Gasteiger partial charge in [-0.05, 0) is 73.5 Å². The van der Waals surface area contributed by atoms with Crippen LogP contribution in [-0.4, -0.2) is 36.2 Å². The van der Waals surface area contributed by atoms with E-state index < -0.39 is 0 Å². The summed E-state index contributed by atoms with van der Waals surface area (Å²) in [6.45, 7) is 7.81. The summed E-state index contributed by atoms with van der Waals surface area (Å²) in [5.74, 6) is 0.459. The van der Waals surface area contributed by atoms with Crippen LogP contribution in [0.5, 0.6) is 5.75 Å². The maximum atomic E-state index is 13.7. The van der Waals surface area contributed by atoms with Gasteiger partial charge in [0.15, 0.2) is 0 Å². The Morgan fingerprint density at radius 3 is 2.32 bits per heavy atom. The van der Waals surface area contributed by atoms with Crippen LogP contribution in [0.1, 0.15) is 56.1 Å². The van der Waals surface area contributed by atoms with Gasteiger partial charge in [0, 0.05) is 40.3 Å². The molecule has 3 aromatic rings. The third-order valence-corrected chi connectivity index (χ3v) is 6.95. The number of fused-ring (bicyclic) bond motifs is 1. The molecule has 1 aliphatic heterocycles. The standard InChI is InChI=1S/C30H33ClN2O4/c1-20-17-28(33(21(2)35)24-13-11-23(31)12-14-24)26-7-5-6-8-27(26)32(20)29(36)22-9-15-25(16-10-22)37-19-30(3,4)18-34/h5-16,20,28,34H,17-19H2,1-4H3/t20-,28+/m1/s1. The number of amides is 2. The van der Waals surface area contributed by atoms with Crippen molar-refractivity contribution in [1.82, 2.24) is 0 Å². The Morgan fingerprint density at radius 2 is 1.70 bits per heavy atom. The maximum absolute atomic E-state index is 13.7. The van der Waals surface area contributed by atoms with Crippen molar-refractivity contribution in [3.05, 3.63) is 88.9 Å². The predicted octanol–water partition coefficient (Wildman–Crippen LogP) is 6.27. The van der Waals surface area contributed by atoms with Crippen molar-refractivity contribution in [3.63, 3.8) is 0 Å². The molecular formula is C30H33ClN2O4. The molecule has 2 atom stereocenters. The monoisotopic (exact) mass is 520 g/mol. The van der Waals surface area contributed by atoms with Gasteiger partial charge in [0.05, 0.1) is 19.3 Å². The molecule has 0 aliphatic carbocycles. The number of halogens is 1. The molecule has 0 radical (unpaired) electrons. The molecule has 6 nitrogen and oxygen atoms in total. The molecule has 0 spiro atoms. The molecule has 2 amide bonds. The number of carbonyl (C=O) groups excluding carboxylic acids is 2. The minimum Gasteiger partial charge on any atom is -0.493 e. The summed E-state index contributed by atoms with van der Waals surface area (Å²) < 4.78 is 5.80. The van der Waals surface area contributed by atoms with Gasteiger partial charge in [0.1, 0.15) is 5.75 Å². The van der Waals surface area contributed by atoms with Crippen LogP contribution in [0.4, 0.5) is 11.4 Å². The number of aliphatic hydroxyl groups excluding tert-OH is 1. The molecule has 0 saturated heterocycles. The first-order valence-electron chi connectivity index (χ1n) is 12.4. The second kappa shape index (κ2) is 11.0. The Hall–Kier alpha value is -3.35. The van der Waals surface area contributed by atoms with E-state index in [2.05, 4.69) is 0 Å². The lowest BCUT2D eigenvalue weighted by molar-refractivity contribution is -0.117. The van der Waals surface area contributed by atoms with Gasteiger partial charge in [-0.3, -0.25) is 9.59 Å². The molecule has 0 saturated carbocycles. The zero-order chi connectivity index (χ0) is 26.7. The molecule has 194 valence electrons. The average molecular weight is 521 g/mol. The first-order chi connectivity index (χ1) is 17.6. The lowest BCUT2D eigenvalue weighted by Gasteiger charge is -2.43. The number of carbonyl (C=O) groups is 2. The lowest BCUT2D eigenvalue weighted by atomic mass is 9.89. The normalized spacial score (nSPS) is 17.2. The minimum atomic E-state index is -0.349. The molecule has 37 heavy (non-hydrogen) atoms. The van der Waals surface area contributed by atoms with Gasteiger partial charge in [-0.2, -0.15) is 0 Å². The number of nitrogens with zero attached hydrogens (tertiary/aromatic N) is 2. The van der Waals surface area contributed by atoms with Crippen molar-refractivity contribution < 1.29 is 19.4 Å². The molecule has 4 rings (SSSR count). The number of benzene rings is 3. The number of aliphatic hydroxyl groups is 1. The molecule has 0 bridgehead atoms. The SMILES string of the molecule is CC(=O)N(c1ccc(Cl)cc1)[C@H]1C[C@@H](C)N(C(=O)c2ccc(OCC(C)(C)CO)cc2)c2ccccc21. The Morgan fingerprint density at radius 1 is 1.05 bits per heavy atom. The maximum Gasteiger partial charge on any atom is 0.258 e. The quantitative estimate of drug-likeness (QED) is 0.398. The third-order valence-electron chi connectivity index (χ3n) is 6.69. The topological polar surface area (TPSA) is 70.1 Å². The van der Waals surface area contributed by atoms with Gasteiger partial charge < -0.3 is 19.6 Å². The molecule has 1 N–H and O–H groups in total. The second-order valence-corrected chi connectivity index (χ2v) is 10.8. The van der Waals surface area contributed by atoms with Crippen LogP contribution in [0.25, 0.3) is 0 Å². The van der Waals surface area contributed by atoms with E-state index in [-0.39, 0.29) is 35.9 Å². The Balaban J connectivity index is 1.62. The van der Waals surface area contributed by atoms with E-state index in [0.717, 1.165) is 16.9 Å².